The number of anilines is 2. The summed E-state index contributed by atoms with van der Waals surface area (Å²) in [5, 5.41) is 14.4. The molecule has 0 spiro atoms. The molecule has 2 N–H and O–H groups in total. The monoisotopic (exact) mass is 561 g/mol. The Morgan fingerprint density at radius 1 is 1.28 bits per heavy atom. The lowest BCUT2D eigenvalue weighted by Gasteiger charge is -2.27. The van der Waals surface area contributed by atoms with Crippen LogP contribution in [-0.4, -0.2) is 34.5 Å². The van der Waals surface area contributed by atoms with Gasteiger partial charge in [-0.05, 0) is 46.3 Å². The second kappa shape index (κ2) is 10.7. The molecule has 0 aliphatic carbocycles. The minimum Gasteiger partial charge on any atom is -0.411 e. The third-order valence-electron chi connectivity index (χ3n) is 5.01. The zero-order valence-electron chi connectivity index (χ0n) is 16.7. The number of alkyl halides is 3. The van der Waals surface area contributed by atoms with Crippen molar-refractivity contribution in [2.24, 2.45) is 5.16 Å². The van der Waals surface area contributed by atoms with Crippen LogP contribution in [0.1, 0.15) is 30.0 Å². The molecule has 170 valence electrons. The second-order valence-electron chi connectivity index (χ2n) is 6.98. The van der Waals surface area contributed by atoms with Crippen molar-refractivity contribution >= 4 is 40.4 Å². The minimum absolute atomic E-state index is 0.00163. The van der Waals surface area contributed by atoms with Gasteiger partial charge >= 0.3 is 6.18 Å². The highest BCUT2D eigenvalue weighted by Gasteiger charge is 2.33. The number of hydrogen-bond donors (Lipinski definition) is 2. The standard InChI is InChI=1S/C21H20F4IN5O/c22-18-19(27-12-14(7-9-26)8-10-30-32)28-13-29-20(18)31-11-1-2-17(31)15-3-5-16(6-4-15)21(23,24)25/h3-10,13,17,32H,1-2,11-12H2,(H,27,28,29)/b9-7-,14-8+,30-10+. The number of benzene rings is 1. The highest BCUT2D eigenvalue weighted by Crippen LogP contribution is 2.38. The number of hydrogen-bond acceptors (Lipinski definition) is 6. The average Bonchev–Trinajstić information content (AvgIpc) is 3.25. The van der Waals surface area contributed by atoms with Crippen LogP contribution in [0, 0.1) is 5.82 Å². The summed E-state index contributed by atoms with van der Waals surface area (Å²) in [6, 6.07) is 4.66. The van der Waals surface area contributed by atoms with Gasteiger partial charge in [-0.25, -0.2) is 9.97 Å². The first kappa shape index (κ1) is 24.0. The van der Waals surface area contributed by atoms with Gasteiger partial charge in [-0.2, -0.15) is 17.6 Å². The second-order valence-corrected chi connectivity index (χ2v) is 7.70. The van der Waals surface area contributed by atoms with Crippen LogP contribution in [0.2, 0.25) is 0 Å². The molecule has 1 aliphatic rings. The van der Waals surface area contributed by atoms with Crippen molar-refractivity contribution in [2.75, 3.05) is 23.3 Å². The molecule has 2 aromatic rings. The van der Waals surface area contributed by atoms with E-state index in [1.807, 2.05) is 22.6 Å². The first-order valence-electron chi connectivity index (χ1n) is 9.66. The van der Waals surface area contributed by atoms with E-state index in [9.17, 15) is 13.2 Å². The topological polar surface area (TPSA) is 73.6 Å². The lowest BCUT2D eigenvalue weighted by atomic mass is 10.0. The molecule has 1 aromatic heterocycles. The van der Waals surface area contributed by atoms with Crippen LogP contribution in [0.25, 0.3) is 0 Å². The smallest absolute Gasteiger partial charge is 0.411 e. The minimum atomic E-state index is -4.41. The Morgan fingerprint density at radius 2 is 2.03 bits per heavy atom. The molecule has 3 rings (SSSR count). The van der Waals surface area contributed by atoms with E-state index in [4.69, 9.17) is 5.21 Å². The van der Waals surface area contributed by atoms with Gasteiger partial charge < -0.3 is 15.4 Å². The number of nitrogens with one attached hydrogen (secondary N) is 1. The number of rotatable bonds is 7. The zero-order chi connectivity index (χ0) is 23.1. The quantitative estimate of drug-likeness (QED) is 0.113. The van der Waals surface area contributed by atoms with Gasteiger partial charge in [0.25, 0.3) is 0 Å². The lowest BCUT2D eigenvalue weighted by molar-refractivity contribution is -0.137. The van der Waals surface area contributed by atoms with Gasteiger partial charge in [-0.3, -0.25) is 0 Å². The van der Waals surface area contributed by atoms with Crippen molar-refractivity contribution in [3.8, 4) is 0 Å². The number of oxime groups is 1. The molecule has 0 bridgehead atoms. The molecular formula is C21H20F4IN5O. The van der Waals surface area contributed by atoms with Crippen LogP contribution in [0.3, 0.4) is 0 Å². The molecule has 1 atom stereocenters. The third-order valence-corrected chi connectivity index (χ3v) is 5.37. The van der Waals surface area contributed by atoms with Crippen LogP contribution in [0.15, 0.2) is 57.6 Å². The van der Waals surface area contributed by atoms with Crippen LogP contribution < -0.4 is 10.2 Å². The zero-order valence-corrected chi connectivity index (χ0v) is 18.9. The number of halogens is 5. The molecule has 0 amide bonds. The van der Waals surface area contributed by atoms with Crippen LogP contribution in [0.5, 0.6) is 0 Å². The van der Waals surface area contributed by atoms with Gasteiger partial charge in [0.2, 0.25) is 5.82 Å². The summed E-state index contributed by atoms with van der Waals surface area (Å²) in [7, 11) is 0. The van der Waals surface area contributed by atoms with Crippen molar-refractivity contribution < 1.29 is 22.8 Å². The van der Waals surface area contributed by atoms with Gasteiger partial charge in [0.15, 0.2) is 11.6 Å². The highest BCUT2D eigenvalue weighted by molar-refractivity contribution is 14.1. The molecule has 1 saturated heterocycles. The van der Waals surface area contributed by atoms with Gasteiger partial charge in [0.05, 0.1) is 17.8 Å². The van der Waals surface area contributed by atoms with E-state index >= 15 is 4.39 Å². The lowest BCUT2D eigenvalue weighted by Crippen LogP contribution is -2.25. The van der Waals surface area contributed by atoms with Crippen LogP contribution in [0.4, 0.5) is 29.2 Å². The van der Waals surface area contributed by atoms with Crippen molar-refractivity contribution in [3.05, 3.63) is 69.3 Å². The molecule has 0 radical (unpaired) electrons. The number of nitrogens with zero attached hydrogens (tertiary/aromatic N) is 4. The molecule has 1 aromatic carbocycles. The fraction of sp³-hybridized carbons (Fsp3) is 0.286. The van der Waals surface area contributed by atoms with Crippen molar-refractivity contribution in [3.63, 3.8) is 0 Å². The van der Waals surface area contributed by atoms with E-state index < -0.39 is 17.6 Å². The predicted octanol–water partition coefficient (Wildman–Crippen LogP) is 5.72. The SMILES string of the molecule is O/N=C/C=C(\C=C/I)CNc1ncnc(N2CCCC2c2ccc(C(F)(F)F)cc2)c1F. The molecule has 0 saturated carbocycles. The van der Waals surface area contributed by atoms with E-state index in [0.717, 1.165) is 24.1 Å². The Morgan fingerprint density at radius 3 is 2.69 bits per heavy atom. The van der Waals surface area contributed by atoms with Gasteiger partial charge in [0, 0.05) is 13.1 Å². The molecular weight excluding hydrogens is 541 g/mol. The Balaban J connectivity index is 1.81. The van der Waals surface area contributed by atoms with Crippen LogP contribution in [-0.2, 0) is 6.18 Å². The van der Waals surface area contributed by atoms with E-state index in [2.05, 4.69) is 20.4 Å². The Bertz CT molecular complexity index is 1010. The summed E-state index contributed by atoms with van der Waals surface area (Å²) in [6.45, 7) is 0.746. The van der Waals surface area contributed by atoms with Crippen molar-refractivity contribution in [1.29, 1.82) is 0 Å². The summed E-state index contributed by atoms with van der Waals surface area (Å²) in [6.07, 6.45) is 2.79. The fourth-order valence-corrected chi connectivity index (χ4v) is 3.98. The number of aromatic nitrogens is 2. The first-order chi connectivity index (χ1) is 15.3. The van der Waals surface area contributed by atoms with E-state index in [0.29, 0.717) is 18.5 Å². The molecule has 2 heterocycles. The Labute approximate surface area is 195 Å². The van der Waals surface area contributed by atoms with E-state index in [-0.39, 0.29) is 24.2 Å². The molecule has 1 aliphatic heterocycles. The summed E-state index contributed by atoms with van der Waals surface area (Å²) in [5.74, 6) is -0.543. The van der Waals surface area contributed by atoms with Gasteiger partial charge in [-0.15, -0.1) is 0 Å². The summed E-state index contributed by atoms with van der Waals surface area (Å²) < 4.78 is 55.6. The third kappa shape index (κ3) is 5.75. The first-order valence-corrected chi connectivity index (χ1v) is 10.9. The van der Waals surface area contributed by atoms with Gasteiger partial charge in [0.1, 0.15) is 6.33 Å². The summed E-state index contributed by atoms with van der Waals surface area (Å²) in [5.41, 5.74) is 0.672. The predicted molar refractivity (Wildman–Crippen MR) is 123 cm³/mol. The maximum atomic E-state index is 15.2. The van der Waals surface area contributed by atoms with Crippen LogP contribution >= 0.6 is 22.6 Å². The summed E-state index contributed by atoms with van der Waals surface area (Å²) >= 11 is 2.04. The van der Waals surface area contributed by atoms with E-state index in [1.165, 1.54) is 24.7 Å². The maximum absolute atomic E-state index is 15.2. The molecule has 6 nitrogen and oxygen atoms in total. The van der Waals surface area contributed by atoms with E-state index in [1.54, 1.807) is 21.1 Å². The van der Waals surface area contributed by atoms with Crippen molar-refractivity contribution in [2.45, 2.75) is 25.1 Å². The normalized spacial score (nSPS) is 17.6. The Hall–Kier alpha value is -2.70. The highest BCUT2D eigenvalue weighted by atomic mass is 127. The summed E-state index contributed by atoms with van der Waals surface area (Å²) in [4.78, 5) is 9.83. The maximum Gasteiger partial charge on any atom is 0.416 e. The average molecular weight is 561 g/mol. The molecule has 1 unspecified atom stereocenters. The van der Waals surface area contributed by atoms with Gasteiger partial charge in [-0.1, -0.05) is 46.0 Å². The largest absolute Gasteiger partial charge is 0.416 e. The molecule has 1 fully saturated rings. The Kier molecular flexibility index (Phi) is 8.04. The van der Waals surface area contributed by atoms with Crippen molar-refractivity contribution in [1.82, 2.24) is 9.97 Å². The fourth-order valence-electron chi connectivity index (χ4n) is 3.51. The number of allylic oxidation sites excluding steroid dienone is 1. The molecule has 32 heavy (non-hydrogen) atoms. The molecule has 11 heteroatoms.